The van der Waals surface area contributed by atoms with Crippen LogP contribution in [0.1, 0.15) is 27.2 Å². The number of hydrazine groups is 1. The molecule has 4 nitrogen and oxygen atoms in total. The third-order valence-corrected chi connectivity index (χ3v) is 4.24. The van der Waals surface area contributed by atoms with Crippen LogP contribution in [0.3, 0.4) is 0 Å². The number of nitrogens with two attached hydrogens (primary N) is 1. The highest BCUT2D eigenvalue weighted by atomic mass is 35.5. The lowest BCUT2D eigenvalue weighted by molar-refractivity contribution is 0.550. The van der Waals surface area contributed by atoms with Gasteiger partial charge in [-0.05, 0) is 25.5 Å². The number of hydrogen-bond acceptors (Lipinski definition) is 5. The number of thiazole rings is 1. The number of nitrogens with zero attached hydrogens (tertiary/aromatic N) is 2. The Morgan fingerprint density at radius 2 is 2.28 bits per heavy atom. The Morgan fingerprint density at radius 1 is 1.50 bits per heavy atom. The SMILES string of the molecule is Cc1nc(CC(NN)c2ccncc2Cl)sc1C. The van der Waals surface area contributed by atoms with Crippen molar-refractivity contribution in [2.24, 2.45) is 5.84 Å². The number of aryl methyl sites for hydroxylation is 2. The summed E-state index contributed by atoms with van der Waals surface area (Å²) >= 11 is 7.82. The number of rotatable bonds is 4. The van der Waals surface area contributed by atoms with Crippen LogP contribution in [0.4, 0.5) is 0 Å². The van der Waals surface area contributed by atoms with E-state index in [1.807, 2.05) is 13.0 Å². The van der Waals surface area contributed by atoms with Crippen molar-refractivity contribution >= 4 is 22.9 Å². The molecule has 0 spiro atoms. The lowest BCUT2D eigenvalue weighted by Crippen LogP contribution is -2.29. The summed E-state index contributed by atoms with van der Waals surface area (Å²) in [5.41, 5.74) is 4.81. The van der Waals surface area contributed by atoms with Crippen LogP contribution in [0, 0.1) is 13.8 Å². The van der Waals surface area contributed by atoms with Gasteiger partial charge in [0, 0.05) is 23.7 Å². The largest absolute Gasteiger partial charge is 0.271 e. The van der Waals surface area contributed by atoms with Crippen LogP contribution in [-0.2, 0) is 6.42 Å². The van der Waals surface area contributed by atoms with E-state index in [1.165, 1.54) is 4.88 Å². The van der Waals surface area contributed by atoms with E-state index in [9.17, 15) is 0 Å². The molecule has 0 saturated carbocycles. The monoisotopic (exact) mass is 282 g/mol. The number of pyridine rings is 1. The lowest BCUT2D eigenvalue weighted by atomic mass is 10.1. The molecule has 0 aliphatic rings. The third kappa shape index (κ3) is 2.87. The second-order valence-electron chi connectivity index (χ2n) is 4.07. The molecule has 0 bridgehead atoms. The zero-order valence-corrected chi connectivity index (χ0v) is 11.8. The molecule has 2 aromatic heterocycles. The van der Waals surface area contributed by atoms with Gasteiger partial charge in [0.1, 0.15) is 0 Å². The quantitative estimate of drug-likeness (QED) is 0.668. The Morgan fingerprint density at radius 3 is 2.83 bits per heavy atom. The molecule has 1 atom stereocenters. The van der Waals surface area contributed by atoms with Gasteiger partial charge in [-0.1, -0.05) is 11.6 Å². The second-order valence-corrected chi connectivity index (χ2v) is 5.76. The normalized spacial score (nSPS) is 12.7. The van der Waals surface area contributed by atoms with Crippen molar-refractivity contribution in [1.29, 1.82) is 0 Å². The maximum absolute atomic E-state index is 6.13. The predicted molar refractivity (Wildman–Crippen MR) is 74.6 cm³/mol. The first kappa shape index (κ1) is 13.4. The summed E-state index contributed by atoms with van der Waals surface area (Å²) in [5.74, 6) is 5.61. The Kier molecular flexibility index (Phi) is 4.29. The topological polar surface area (TPSA) is 63.8 Å². The van der Waals surface area contributed by atoms with Gasteiger partial charge in [-0.25, -0.2) is 4.98 Å². The first-order chi connectivity index (χ1) is 8.61. The molecular formula is C12H15ClN4S. The summed E-state index contributed by atoms with van der Waals surface area (Å²) in [7, 11) is 0. The average Bonchev–Trinajstić information content (AvgIpc) is 2.66. The zero-order chi connectivity index (χ0) is 13.1. The highest BCUT2D eigenvalue weighted by Gasteiger charge is 2.16. The van der Waals surface area contributed by atoms with E-state index in [4.69, 9.17) is 17.4 Å². The molecule has 2 aromatic rings. The molecular weight excluding hydrogens is 268 g/mol. The van der Waals surface area contributed by atoms with Crippen molar-refractivity contribution in [2.75, 3.05) is 0 Å². The number of nitrogens with one attached hydrogen (secondary N) is 1. The van der Waals surface area contributed by atoms with Gasteiger partial charge >= 0.3 is 0 Å². The molecule has 0 aliphatic heterocycles. The highest BCUT2D eigenvalue weighted by Crippen LogP contribution is 2.26. The van der Waals surface area contributed by atoms with E-state index in [2.05, 4.69) is 22.3 Å². The predicted octanol–water partition coefficient (Wildman–Crippen LogP) is 2.56. The van der Waals surface area contributed by atoms with Gasteiger partial charge < -0.3 is 0 Å². The minimum absolute atomic E-state index is 0.0505. The third-order valence-electron chi connectivity index (χ3n) is 2.83. The second kappa shape index (κ2) is 5.75. The van der Waals surface area contributed by atoms with Crippen molar-refractivity contribution in [3.8, 4) is 0 Å². The van der Waals surface area contributed by atoms with E-state index in [-0.39, 0.29) is 6.04 Å². The Balaban J connectivity index is 2.22. The maximum atomic E-state index is 6.13. The van der Waals surface area contributed by atoms with Crippen molar-refractivity contribution in [2.45, 2.75) is 26.3 Å². The lowest BCUT2D eigenvalue weighted by Gasteiger charge is -2.15. The van der Waals surface area contributed by atoms with E-state index >= 15 is 0 Å². The van der Waals surface area contributed by atoms with Gasteiger partial charge in [-0.15, -0.1) is 11.3 Å². The molecule has 2 heterocycles. The molecule has 3 N–H and O–H groups in total. The molecule has 0 radical (unpaired) electrons. The molecule has 18 heavy (non-hydrogen) atoms. The first-order valence-electron chi connectivity index (χ1n) is 5.60. The Bertz CT molecular complexity index is 521. The van der Waals surface area contributed by atoms with Crippen LogP contribution in [-0.4, -0.2) is 9.97 Å². The molecule has 0 fully saturated rings. The van der Waals surface area contributed by atoms with Crippen molar-refractivity contribution in [1.82, 2.24) is 15.4 Å². The molecule has 0 saturated heterocycles. The standard InChI is InChI=1S/C12H15ClN4S/c1-7-8(2)18-12(16-7)5-11(17-14)9-3-4-15-6-10(9)13/h3-4,6,11,17H,5,14H2,1-2H3. The van der Waals surface area contributed by atoms with Crippen molar-refractivity contribution in [3.05, 3.63) is 44.6 Å². The average molecular weight is 283 g/mol. The van der Waals surface area contributed by atoms with E-state index in [0.29, 0.717) is 5.02 Å². The Hall–Kier alpha value is -1.01. The molecule has 2 rings (SSSR count). The Labute approximate surface area is 115 Å². The fraction of sp³-hybridized carbons (Fsp3) is 0.333. The number of hydrogen-bond donors (Lipinski definition) is 2. The number of aromatic nitrogens is 2. The molecule has 96 valence electrons. The zero-order valence-electron chi connectivity index (χ0n) is 10.3. The van der Waals surface area contributed by atoms with Gasteiger partial charge in [-0.3, -0.25) is 16.3 Å². The fourth-order valence-corrected chi connectivity index (χ4v) is 2.96. The van der Waals surface area contributed by atoms with Crippen LogP contribution in [0.15, 0.2) is 18.5 Å². The summed E-state index contributed by atoms with van der Waals surface area (Å²) < 4.78 is 0. The molecule has 6 heteroatoms. The molecule has 0 aliphatic carbocycles. The molecule has 0 amide bonds. The van der Waals surface area contributed by atoms with Gasteiger partial charge in [0.05, 0.1) is 21.8 Å². The summed E-state index contributed by atoms with van der Waals surface area (Å²) in [6.45, 7) is 4.08. The minimum Gasteiger partial charge on any atom is -0.271 e. The van der Waals surface area contributed by atoms with Crippen LogP contribution >= 0.6 is 22.9 Å². The fourth-order valence-electron chi connectivity index (χ4n) is 1.73. The first-order valence-corrected chi connectivity index (χ1v) is 6.79. The summed E-state index contributed by atoms with van der Waals surface area (Å²) in [6.07, 6.45) is 4.06. The summed E-state index contributed by atoms with van der Waals surface area (Å²) in [5, 5.41) is 1.67. The minimum atomic E-state index is -0.0505. The summed E-state index contributed by atoms with van der Waals surface area (Å²) in [4.78, 5) is 9.73. The van der Waals surface area contributed by atoms with Gasteiger partial charge in [0.2, 0.25) is 0 Å². The van der Waals surface area contributed by atoms with Gasteiger partial charge in [-0.2, -0.15) is 0 Å². The van der Waals surface area contributed by atoms with Gasteiger partial charge in [0.15, 0.2) is 0 Å². The highest BCUT2D eigenvalue weighted by molar-refractivity contribution is 7.11. The smallest absolute Gasteiger partial charge is 0.0950 e. The van der Waals surface area contributed by atoms with Crippen LogP contribution < -0.4 is 11.3 Å². The van der Waals surface area contributed by atoms with Crippen LogP contribution in [0.25, 0.3) is 0 Å². The summed E-state index contributed by atoms with van der Waals surface area (Å²) in [6, 6.07) is 1.82. The van der Waals surface area contributed by atoms with Gasteiger partial charge in [0.25, 0.3) is 0 Å². The maximum Gasteiger partial charge on any atom is 0.0950 e. The van der Waals surface area contributed by atoms with E-state index < -0.39 is 0 Å². The molecule has 0 aromatic carbocycles. The van der Waals surface area contributed by atoms with Crippen molar-refractivity contribution in [3.63, 3.8) is 0 Å². The molecule has 1 unspecified atom stereocenters. The van der Waals surface area contributed by atoms with Crippen LogP contribution in [0.2, 0.25) is 5.02 Å². The number of halogens is 1. The van der Waals surface area contributed by atoms with Crippen molar-refractivity contribution < 1.29 is 0 Å². The van der Waals surface area contributed by atoms with E-state index in [0.717, 1.165) is 22.7 Å². The van der Waals surface area contributed by atoms with Crippen LogP contribution in [0.5, 0.6) is 0 Å². The van der Waals surface area contributed by atoms with E-state index in [1.54, 1.807) is 23.7 Å².